The molecule has 0 radical (unpaired) electrons. The molecule has 1 aromatic carbocycles. The summed E-state index contributed by atoms with van der Waals surface area (Å²) in [6, 6.07) is 4.19. The number of imide groups is 1. The largest absolute Gasteiger partial charge is 0.461 e. The van der Waals surface area contributed by atoms with Crippen LogP contribution in [0.2, 0.25) is 0 Å². The number of amides is 3. The van der Waals surface area contributed by atoms with E-state index in [9.17, 15) is 19.2 Å². The second-order valence-electron chi connectivity index (χ2n) is 6.35. The summed E-state index contributed by atoms with van der Waals surface area (Å²) in [5, 5.41) is 4.81. The summed E-state index contributed by atoms with van der Waals surface area (Å²) in [5.41, 5.74) is 1.98. The summed E-state index contributed by atoms with van der Waals surface area (Å²) in [6.07, 6.45) is 0. The third-order valence-corrected chi connectivity index (χ3v) is 4.32. The Bertz CT molecular complexity index is 840. The van der Waals surface area contributed by atoms with Crippen LogP contribution in [0.25, 0.3) is 0 Å². The molecule has 2 aliphatic rings. The lowest BCUT2D eigenvalue weighted by Crippen LogP contribution is -2.41. The Morgan fingerprint density at radius 1 is 1.12 bits per heavy atom. The first-order valence-corrected chi connectivity index (χ1v) is 8.27. The molecule has 1 fully saturated rings. The maximum atomic E-state index is 13.0. The van der Waals surface area contributed by atoms with Crippen molar-refractivity contribution in [1.29, 1.82) is 0 Å². The molecule has 8 heteroatoms. The summed E-state index contributed by atoms with van der Waals surface area (Å²) < 4.78 is 4.94. The Labute approximate surface area is 150 Å². The molecule has 0 aromatic heterocycles. The van der Waals surface area contributed by atoms with Gasteiger partial charge in [-0.3, -0.25) is 14.4 Å². The second-order valence-corrected chi connectivity index (χ2v) is 6.35. The van der Waals surface area contributed by atoms with E-state index in [1.54, 1.807) is 19.1 Å². The van der Waals surface area contributed by atoms with Gasteiger partial charge in [0.25, 0.3) is 5.91 Å². The van der Waals surface area contributed by atoms with Gasteiger partial charge in [0, 0.05) is 6.92 Å². The van der Waals surface area contributed by atoms with Crippen molar-refractivity contribution in [3.05, 3.63) is 29.3 Å². The summed E-state index contributed by atoms with van der Waals surface area (Å²) in [7, 11) is 0. The predicted molar refractivity (Wildman–Crippen MR) is 92.3 cm³/mol. The fourth-order valence-electron chi connectivity index (χ4n) is 3.38. The number of nitrogens with zero attached hydrogens (tertiary/aromatic N) is 3. The Hall–Kier alpha value is -3.03. The van der Waals surface area contributed by atoms with Gasteiger partial charge in [-0.2, -0.15) is 5.10 Å². The van der Waals surface area contributed by atoms with Crippen molar-refractivity contribution < 1.29 is 23.9 Å². The van der Waals surface area contributed by atoms with E-state index in [0.717, 1.165) is 21.0 Å². The van der Waals surface area contributed by atoms with Crippen molar-refractivity contribution in [2.24, 2.45) is 11.0 Å². The second kappa shape index (κ2) is 6.36. The molecule has 0 aliphatic carbocycles. The lowest BCUT2D eigenvalue weighted by atomic mass is 9.98. The van der Waals surface area contributed by atoms with Crippen LogP contribution in [0.1, 0.15) is 25.0 Å². The van der Waals surface area contributed by atoms with Crippen molar-refractivity contribution in [1.82, 2.24) is 5.01 Å². The highest BCUT2D eigenvalue weighted by molar-refractivity contribution is 6.47. The minimum atomic E-state index is -1.15. The summed E-state index contributed by atoms with van der Waals surface area (Å²) in [4.78, 5) is 51.0. The molecule has 0 unspecified atom stereocenters. The van der Waals surface area contributed by atoms with E-state index in [1.807, 2.05) is 19.9 Å². The van der Waals surface area contributed by atoms with Crippen LogP contribution >= 0.6 is 0 Å². The molecule has 1 aromatic rings. The number of benzene rings is 1. The fraction of sp³-hybridized carbons (Fsp3) is 0.389. The highest BCUT2D eigenvalue weighted by Gasteiger charge is 2.59. The standard InChI is InChI=1S/C18H19N3O5/c1-5-26-18(25)14-13-15(21(19-14)11(4)22)17(24)20(16(13)23)12-7-9(2)6-10(3)8-12/h6-8,13,15H,5H2,1-4H3/t13-,15+/m1/s1. The van der Waals surface area contributed by atoms with Crippen molar-refractivity contribution in [2.45, 2.75) is 33.7 Å². The molecule has 2 heterocycles. The number of anilines is 1. The zero-order chi connectivity index (χ0) is 19.2. The fourth-order valence-corrected chi connectivity index (χ4v) is 3.38. The van der Waals surface area contributed by atoms with E-state index in [0.29, 0.717) is 5.69 Å². The molecule has 0 N–H and O–H groups in total. The van der Waals surface area contributed by atoms with Crippen LogP contribution in [0.15, 0.2) is 23.3 Å². The van der Waals surface area contributed by atoms with E-state index in [-0.39, 0.29) is 12.3 Å². The van der Waals surface area contributed by atoms with E-state index in [1.165, 1.54) is 6.92 Å². The third-order valence-electron chi connectivity index (χ3n) is 4.32. The van der Waals surface area contributed by atoms with Crippen LogP contribution < -0.4 is 4.90 Å². The lowest BCUT2D eigenvalue weighted by Gasteiger charge is -2.19. The van der Waals surface area contributed by atoms with Crippen LogP contribution in [0.5, 0.6) is 0 Å². The Morgan fingerprint density at radius 2 is 1.73 bits per heavy atom. The molecule has 0 spiro atoms. The number of aryl methyl sites for hydroxylation is 2. The van der Waals surface area contributed by atoms with Crippen LogP contribution in [-0.4, -0.2) is 47.1 Å². The van der Waals surface area contributed by atoms with Crippen molar-refractivity contribution >= 4 is 35.1 Å². The molecule has 2 aliphatic heterocycles. The molecule has 2 atom stereocenters. The van der Waals surface area contributed by atoms with Crippen LogP contribution in [0, 0.1) is 19.8 Å². The average Bonchev–Trinajstić information content (AvgIpc) is 3.04. The molecule has 8 nitrogen and oxygen atoms in total. The van der Waals surface area contributed by atoms with Gasteiger partial charge in [-0.15, -0.1) is 0 Å². The smallest absolute Gasteiger partial charge is 0.355 e. The summed E-state index contributed by atoms with van der Waals surface area (Å²) in [6.45, 7) is 6.66. The Balaban J connectivity index is 2.06. The maximum Gasteiger partial charge on any atom is 0.355 e. The van der Waals surface area contributed by atoms with Gasteiger partial charge in [0.2, 0.25) is 11.8 Å². The number of carbonyl (C=O) groups excluding carboxylic acids is 4. The normalized spacial score (nSPS) is 21.8. The number of ether oxygens (including phenoxy) is 1. The summed E-state index contributed by atoms with van der Waals surface area (Å²) in [5.74, 6) is -3.63. The van der Waals surface area contributed by atoms with Crippen molar-refractivity contribution in [2.75, 3.05) is 11.5 Å². The molecular formula is C18H19N3O5. The SMILES string of the molecule is CCOC(=O)C1=NN(C(C)=O)[C@@H]2C(=O)N(c3cc(C)cc(C)c3)C(=O)[C@H]12. The van der Waals surface area contributed by atoms with Gasteiger partial charge < -0.3 is 4.74 Å². The van der Waals surface area contributed by atoms with Crippen LogP contribution in [-0.2, 0) is 23.9 Å². The zero-order valence-corrected chi connectivity index (χ0v) is 15.0. The van der Waals surface area contributed by atoms with Gasteiger partial charge in [0.15, 0.2) is 11.8 Å². The van der Waals surface area contributed by atoms with Crippen LogP contribution in [0.4, 0.5) is 5.69 Å². The highest BCUT2D eigenvalue weighted by Crippen LogP contribution is 2.36. The quantitative estimate of drug-likeness (QED) is 0.593. The van der Waals surface area contributed by atoms with E-state index < -0.39 is 35.7 Å². The lowest BCUT2D eigenvalue weighted by molar-refractivity contribution is -0.136. The molecule has 0 bridgehead atoms. The van der Waals surface area contributed by atoms with E-state index in [2.05, 4.69) is 5.10 Å². The minimum Gasteiger partial charge on any atom is -0.461 e. The maximum absolute atomic E-state index is 13.0. The van der Waals surface area contributed by atoms with Crippen molar-refractivity contribution in [3.63, 3.8) is 0 Å². The highest BCUT2D eigenvalue weighted by atomic mass is 16.5. The molecule has 3 rings (SSSR count). The number of rotatable bonds is 3. The number of fused-ring (bicyclic) bond motifs is 1. The van der Waals surface area contributed by atoms with Gasteiger partial charge in [-0.1, -0.05) is 6.07 Å². The molecule has 26 heavy (non-hydrogen) atoms. The molecule has 3 amide bonds. The first kappa shape index (κ1) is 17.8. The zero-order valence-electron chi connectivity index (χ0n) is 15.0. The van der Waals surface area contributed by atoms with E-state index >= 15 is 0 Å². The topological polar surface area (TPSA) is 96.3 Å². The van der Waals surface area contributed by atoms with Crippen molar-refractivity contribution in [3.8, 4) is 0 Å². The van der Waals surface area contributed by atoms with Crippen LogP contribution in [0.3, 0.4) is 0 Å². The van der Waals surface area contributed by atoms with Gasteiger partial charge in [-0.25, -0.2) is 14.7 Å². The molecule has 1 saturated heterocycles. The van der Waals surface area contributed by atoms with Gasteiger partial charge in [-0.05, 0) is 44.0 Å². The number of carbonyl (C=O) groups is 4. The molecule has 0 saturated carbocycles. The Morgan fingerprint density at radius 3 is 2.27 bits per heavy atom. The molecule has 136 valence electrons. The van der Waals surface area contributed by atoms with Gasteiger partial charge in [0.1, 0.15) is 5.92 Å². The Kier molecular flexibility index (Phi) is 4.35. The van der Waals surface area contributed by atoms with E-state index in [4.69, 9.17) is 4.74 Å². The summed E-state index contributed by atoms with van der Waals surface area (Å²) >= 11 is 0. The predicted octanol–water partition coefficient (Wildman–Crippen LogP) is 0.943. The monoisotopic (exact) mass is 357 g/mol. The number of hydrazone groups is 1. The third kappa shape index (κ3) is 2.67. The number of esters is 1. The first-order valence-electron chi connectivity index (χ1n) is 8.27. The van der Waals surface area contributed by atoms with Gasteiger partial charge in [0.05, 0.1) is 12.3 Å². The average molecular weight is 357 g/mol. The number of hydrogen-bond acceptors (Lipinski definition) is 6. The van der Waals surface area contributed by atoms with Gasteiger partial charge >= 0.3 is 5.97 Å². The number of hydrogen-bond donors (Lipinski definition) is 0. The first-order chi connectivity index (χ1) is 12.3. The molecular weight excluding hydrogens is 338 g/mol. The minimum absolute atomic E-state index is 0.0955.